The highest BCUT2D eigenvalue weighted by atomic mass is 79.9. The minimum absolute atomic E-state index is 0.783. The van der Waals surface area contributed by atoms with Gasteiger partial charge in [0.1, 0.15) is 0 Å². The van der Waals surface area contributed by atoms with Gasteiger partial charge in [0.05, 0.1) is 0 Å². The molecule has 0 bridgehead atoms. The van der Waals surface area contributed by atoms with Crippen molar-refractivity contribution in [2.24, 2.45) is 0 Å². The van der Waals surface area contributed by atoms with Crippen LogP contribution in [0.15, 0.2) is 368 Å². The number of hydrogen-bond donors (Lipinski definition) is 0. The molecule has 0 aromatic heterocycles. The van der Waals surface area contributed by atoms with Gasteiger partial charge in [0.15, 0.2) is 0 Å². The van der Waals surface area contributed by atoms with Crippen molar-refractivity contribution in [3.8, 4) is 55.6 Å². The summed E-state index contributed by atoms with van der Waals surface area (Å²) < 4.78 is 10.7. The molecule has 22 rings (SSSR count). The summed E-state index contributed by atoms with van der Waals surface area (Å²) in [4.78, 5) is 0. The Hall–Kier alpha value is -12.4. The Bertz CT molecular complexity index is 7260. The third-order valence-electron chi connectivity index (χ3n) is 22.1. The van der Waals surface area contributed by atoms with E-state index in [1.54, 1.807) is 0 Å². The van der Waals surface area contributed by atoms with Crippen LogP contribution in [0, 0.1) is 0 Å². The van der Waals surface area contributed by atoms with Crippen molar-refractivity contribution in [3.05, 3.63) is 368 Å². The van der Waals surface area contributed by atoms with Gasteiger partial charge in [0.2, 0.25) is 0 Å². The van der Waals surface area contributed by atoms with Crippen LogP contribution < -0.4 is 5.46 Å². The summed E-state index contributed by atoms with van der Waals surface area (Å²) in [6, 6.07) is 133. The topological polar surface area (TPSA) is 18.5 Å². The molecule has 4 radical (unpaired) electrons. The van der Waals surface area contributed by atoms with E-state index >= 15 is 0 Å². The molecule has 0 amide bonds. The first-order valence-corrected chi connectivity index (χ1v) is 36.8. The summed E-state index contributed by atoms with van der Waals surface area (Å²) >= 11 is 3.76. The lowest BCUT2D eigenvalue weighted by atomic mass is 9.73. The van der Waals surface area contributed by atoms with Gasteiger partial charge in [-0.25, -0.2) is 0 Å². The van der Waals surface area contributed by atoms with Gasteiger partial charge in [-0.05, 0) is 254 Å². The summed E-state index contributed by atoms with van der Waals surface area (Å²) in [5, 5.41) is 35.2. The monoisotopic (exact) mass is 1400 g/mol. The number of rotatable bonds is 8. The van der Waals surface area contributed by atoms with E-state index in [1.165, 1.54) is 201 Å². The molecule has 22 aromatic carbocycles. The van der Waals surface area contributed by atoms with Crippen molar-refractivity contribution in [3.63, 3.8) is 0 Å². The Morgan fingerprint density at radius 1 is 0.198 bits per heavy atom. The van der Waals surface area contributed by atoms with Crippen LogP contribution in [0.3, 0.4) is 0 Å². The minimum atomic E-state index is -0.783. The minimum Gasteiger partial charge on any atom is -0.480 e. The Kier molecular flexibility index (Phi) is 15.6. The molecule has 0 fully saturated rings. The lowest BCUT2D eigenvalue weighted by molar-refractivity contribution is 0.491. The third kappa shape index (κ3) is 10.7. The first-order valence-electron chi connectivity index (χ1n) is 36.0. The predicted octanol–water partition coefficient (Wildman–Crippen LogP) is 27.1. The van der Waals surface area contributed by atoms with E-state index in [4.69, 9.17) is 25.2 Å². The molecule has 488 valence electrons. The van der Waals surface area contributed by atoms with E-state index < -0.39 is 7.12 Å². The van der Waals surface area contributed by atoms with Crippen molar-refractivity contribution in [2.45, 2.75) is 0 Å². The van der Waals surface area contributed by atoms with E-state index in [2.05, 4.69) is 368 Å². The SMILES string of the molecule is Brc1ccc2c(-c3ccc4ccccc4c3)c3ccccc3c(-c3ccc4ccccc4c3)c2c1.[B]OB(O[B])c1ccc2ccc3cccc4ccc1c2c34.c1ccc2cc(-c3c4ccccc4c(-c4ccc5ccccc5c4)c4cc(-c5ccc6ccc7cccc8ccc5c6c78)ccc34)ccc2c1. The second-order valence-corrected chi connectivity index (χ2v) is 28.8. The fourth-order valence-corrected chi connectivity index (χ4v) is 17.6. The van der Waals surface area contributed by atoms with Crippen LogP contribution in [0.2, 0.25) is 0 Å². The molecule has 0 heterocycles. The van der Waals surface area contributed by atoms with Crippen molar-refractivity contribution >= 4 is 195 Å². The molecule has 0 N–H and O–H groups in total. The number of hydrogen-bond acceptors (Lipinski definition) is 2. The molecular weight excluding hydrogens is 1350 g/mol. The fraction of sp³-hybridized carbons (Fsp3) is 0. The Balaban J connectivity index is 0.000000115. The molecule has 0 aliphatic rings. The molecule has 0 aliphatic heterocycles. The lowest BCUT2D eigenvalue weighted by Gasteiger charge is -2.20. The highest BCUT2D eigenvalue weighted by Gasteiger charge is 2.24. The van der Waals surface area contributed by atoms with Crippen LogP contribution >= 0.6 is 15.9 Å². The van der Waals surface area contributed by atoms with Gasteiger partial charge in [-0.15, -0.1) is 0 Å². The van der Waals surface area contributed by atoms with Crippen LogP contribution in [0.1, 0.15) is 0 Å². The van der Waals surface area contributed by atoms with Gasteiger partial charge in [-0.1, -0.05) is 337 Å². The van der Waals surface area contributed by atoms with Crippen LogP contribution in [-0.4, -0.2) is 23.2 Å². The smallest absolute Gasteiger partial charge is 0.462 e. The maximum Gasteiger partial charge on any atom is 0.462 e. The molecular formula is C100H60B3BrO2. The fourth-order valence-electron chi connectivity index (χ4n) is 17.2. The summed E-state index contributed by atoms with van der Waals surface area (Å²) in [5.74, 6) is 0. The van der Waals surface area contributed by atoms with E-state index in [0.717, 1.165) is 15.3 Å². The maximum atomic E-state index is 5.28. The van der Waals surface area contributed by atoms with Gasteiger partial charge in [-0.2, -0.15) is 0 Å². The molecule has 22 aromatic rings. The molecule has 0 aliphatic carbocycles. The maximum absolute atomic E-state index is 5.28. The average molecular weight is 1410 g/mol. The molecule has 106 heavy (non-hydrogen) atoms. The van der Waals surface area contributed by atoms with Crippen LogP contribution in [0.4, 0.5) is 0 Å². The van der Waals surface area contributed by atoms with Crippen LogP contribution in [0.5, 0.6) is 0 Å². The predicted molar refractivity (Wildman–Crippen MR) is 461 cm³/mol. The Morgan fingerprint density at radius 3 is 0.906 bits per heavy atom. The average Bonchev–Trinajstić information content (AvgIpc) is 0.737. The van der Waals surface area contributed by atoms with Gasteiger partial charge in [0, 0.05) is 4.47 Å². The van der Waals surface area contributed by atoms with Crippen molar-refractivity contribution in [2.75, 3.05) is 0 Å². The van der Waals surface area contributed by atoms with Crippen LogP contribution in [-0.2, 0) is 9.14 Å². The third-order valence-corrected chi connectivity index (χ3v) is 22.6. The van der Waals surface area contributed by atoms with Crippen molar-refractivity contribution in [1.29, 1.82) is 0 Å². The lowest BCUT2D eigenvalue weighted by Crippen LogP contribution is -2.36. The molecule has 6 heteroatoms. The Labute approximate surface area is 624 Å². The number of benzene rings is 22. The zero-order valence-electron chi connectivity index (χ0n) is 57.6. The molecule has 2 nitrogen and oxygen atoms in total. The van der Waals surface area contributed by atoms with Gasteiger partial charge in [-0.3, -0.25) is 0 Å². The van der Waals surface area contributed by atoms with Gasteiger partial charge in [0.25, 0.3) is 16.1 Å². The normalized spacial score (nSPS) is 11.8. The number of fused-ring (bicyclic) bond motifs is 8. The highest BCUT2D eigenvalue weighted by molar-refractivity contribution is 9.10. The zero-order valence-corrected chi connectivity index (χ0v) is 59.2. The first kappa shape index (κ1) is 63.3. The van der Waals surface area contributed by atoms with Crippen molar-refractivity contribution in [1.82, 2.24) is 0 Å². The largest absolute Gasteiger partial charge is 0.480 e. The number of halogens is 1. The van der Waals surface area contributed by atoms with E-state index in [-0.39, 0.29) is 0 Å². The zero-order chi connectivity index (χ0) is 70.5. The summed E-state index contributed by atoms with van der Waals surface area (Å²) in [5.41, 5.74) is 13.4. The van der Waals surface area contributed by atoms with Crippen molar-refractivity contribution < 1.29 is 9.14 Å². The highest BCUT2D eigenvalue weighted by Crippen LogP contribution is 2.49. The first-order chi connectivity index (χ1) is 52.4. The molecule has 0 unspecified atom stereocenters. The second-order valence-electron chi connectivity index (χ2n) is 27.9. The van der Waals surface area contributed by atoms with E-state index in [0.29, 0.717) is 0 Å². The van der Waals surface area contributed by atoms with Crippen LogP contribution in [0.25, 0.3) is 206 Å². The van der Waals surface area contributed by atoms with Gasteiger partial charge >= 0.3 is 7.12 Å². The van der Waals surface area contributed by atoms with Gasteiger partial charge < -0.3 is 9.14 Å². The molecule has 0 spiro atoms. The van der Waals surface area contributed by atoms with E-state index in [9.17, 15) is 0 Å². The standard InChI is InChI=1S/C50H30.C34H21Br.C16H9B3O2/c1-3-10-36-28-39(20-16-31(36)8-1)48-42-14-5-6-15-43(42)49(40-21-17-32-9-2-4-11-37(32)29-40)46-30-38(24-27-45(46)48)41-25-22-35-19-18-33-12-7-13-34-23-26-44(41)50(35)47(33)34;35-28-17-18-31-32(21-28)34(27-16-14-23-8-2-4-10-25(23)20-27)30-12-6-5-11-29(30)33(31)26-15-13-22-7-1-3-9-24(22)19-26;17-20-19(21-18)14-9-7-12-5-4-10-2-1-3-11-6-8-13(14)16(12)15(10)11/h1-30H;1-21H;1-9H. The quantitative estimate of drug-likeness (QED) is 0.0858. The summed E-state index contributed by atoms with van der Waals surface area (Å²) in [6.45, 7) is 0. The molecule has 0 saturated carbocycles. The molecule has 0 atom stereocenters. The second kappa shape index (κ2) is 26.1. The Morgan fingerprint density at radius 2 is 0.481 bits per heavy atom. The molecule has 0 saturated heterocycles. The van der Waals surface area contributed by atoms with E-state index in [1.807, 2.05) is 12.1 Å². The summed E-state index contributed by atoms with van der Waals surface area (Å²) in [7, 11) is 9.78. The summed E-state index contributed by atoms with van der Waals surface area (Å²) in [6.07, 6.45) is 0.